The molecule has 0 amide bonds. The number of carboxylic acid groups (broad SMARTS) is 1. The average molecular weight is 222 g/mol. The lowest BCUT2D eigenvalue weighted by Crippen LogP contribution is -2.29. The standard InChI is InChI=1S/C12H18N2O2/c1-2-13(10-5-6-10)8-9-14-7-3-4-11(14)12(15)16/h3-4,7,10H,2,5-6,8-9H2,1H3,(H,15,16). The molecule has 1 aliphatic carbocycles. The number of aromatic carboxylic acids is 1. The number of nitrogens with zero attached hydrogens (tertiary/aromatic N) is 2. The molecule has 0 radical (unpaired) electrons. The maximum Gasteiger partial charge on any atom is 0.352 e. The van der Waals surface area contributed by atoms with Crippen LogP contribution < -0.4 is 0 Å². The normalized spacial score (nSPS) is 15.6. The van der Waals surface area contributed by atoms with Gasteiger partial charge in [-0.3, -0.25) is 4.90 Å². The number of hydrogen-bond acceptors (Lipinski definition) is 2. The van der Waals surface area contributed by atoms with E-state index in [1.165, 1.54) is 12.8 Å². The van der Waals surface area contributed by atoms with Crippen LogP contribution in [-0.4, -0.2) is 39.7 Å². The van der Waals surface area contributed by atoms with E-state index in [9.17, 15) is 4.79 Å². The van der Waals surface area contributed by atoms with Crippen molar-refractivity contribution in [2.24, 2.45) is 0 Å². The van der Waals surface area contributed by atoms with Crippen LogP contribution >= 0.6 is 0 Å². The smallest absolute Gasteiger partial charge is 0.352 e. The van der Waals surface area contributed by atoms with Crippen LogP contribution in [0.15, 0.2) is 18.3 Å². The van der Waals surface area contributed by atoms with E-state index in [1.54, 1.807) is 12.1 Å². The van der Waals surface area contributed by atoms with Gasteiger partial charge in [0.15, 0.2) is 0 Å². The van der Waals surface area contributed by atoms with E-state index >= 15 is 0 Å². The molecule has 1 heterocycles. The number of likely N-dealkylation sites (N-methyl/N-ethyl adjacent to an activating group) is 1. The minimum Gasteiger partial charge on any atom is -0.477 e. The maximum atomic E-state index is 10.9. The Morgan fingerprint density at radius 2 is 2.38 bits per heavy atom. The highest BCUT2D eigenvalue weighted by Crippen LogP contribution is 2.26. The van der Waals surface area contributed by atoms with Gasteiger partial charge >= 0.3 is 5.97 Å². The maximum absolute atomic E-state index is 10.9. The van der Waals surface area contributed by atoms with Crippen molar-refractivity contribution in [2.75, 3.05) is 13.1 Å². The van der Waals surface area contributed by atoms with Crippen molar-refractivity contribution < 1.29 is 9.90 Å². The summed E-state index contributed by atoms with van der Waals surface area (Å²) in [5, 5.41) is 8.96. The number of carboxylic acids is 1. The van der Waals surface area contributed by atoms with Crippen LogP contribution in [0.3, 0.4) is 0 Å². The van der Waals surface area contributed by atoms with Gasteiger partial charge in [0.2, 0.25) is 0 Å². The molecule has 0 aliphatic heterocycles. The van der Waals surface area contributed by atoms with Crippen LogP contribution in [0.1, 0.15) is 30.3 Å². The second-order valence-electron chi connectivity index (χ2n) is 4.25. The summed E-state index contributed by atoms with van der Waals surface area (Å²) >= 11 is 0. The molecule has 0 unspecified atom stereocenters. The number of aromatic nitrogens is 1. The average Bonchev–Trinajstić information content (AvgIpc) is 2.97. The molecule has 0 spiro atoms. The van der Waals surface area contributed by atoms with E-state index < -0.39 is 5.97 Å². The van der Waals surface area contributed by atoms with Crippen molar-refractivity contribution in [2.45, 2.75) is 32.4 Å². The summed E-state index contributed by atoms with van der Waals surface area (Å²) in [4.78, 5) is 13.3. The molecule has 0 atom stereocenters. The number of carbonyl (C=O) groups is 1. The molecule has 0 bridgehead atoms. The summed E-state index contributed by atoms with van der Waals surface area (Å²) in [5.74, 6) is -0.848. The van der Waals surface area contributed by atoms with Crippen LogP contribution in [0, 0.1) is 0 Å². The first-order chi connectivity index (χ1) is 7.72. The zero-order valence-corrected chi connectivity index (χ0v) is 9.59. The molecule has 4 nitrogen and oxygen atoms in total. The molecule has 16 heavy (non-hydrogen) atoms. The van der Waals surface area contributed by atoms with Crippen LogP contribution in [-0.2, 0) is 6.54 Å². The first-order valence-corrected chi connectivity index (χ1v) is 5.85. The summed E-state index contributed by atoms with van der Waals surface area (Å²) in [6, 6.07) is 4.18. The SMILES string of the molecule is CCN(CCn1cccc1C(=O)O)C1CC1. The fourth-order valence-corrected chi connectivity index (χ4v) is 2.08. The second-order valence-corrected chi connectivity index (χ2v) is 4.25. The van der Waals surface area contributed by atoms with Gasteiger partial charge in [-0.25, -0.2) is 4.79 Å². The minimum absolute atomic E-state index is 0.381. The van der Waals surface area contributed by atoms with E-state index in [4.69, 9.17) is 5.11 Å². The highest BCUT2D eigenvalue weighted by atomic mass is 16.4. The zero-order chi connectivity index (χ0) is 11.5. The molecule has 0 aromatic carbocycles. The summed E-state index contributed by atoms with van der Waals surface area (Å²) in [7, 11) is 0. The third-order valence-electron chi connectivity index (χ3n) is 3.15. The van der Waals surface area contributed by atoms with Crippen molar-refractivity contribution in [1.29, 1.82) is 0 Å². The van der Waals surface area contributed by atoms with Gasteiger partial charge in [-0.2, -0.15) is 0 Å². The van der Waals surface area contributed by atoms with Gasteiger partial charge in [0.25, 0.3) is 0 Å². The Morgan fingerprint density at radius 1 is 1.62 bits per heavy atom. The van der Waals surface area contributed by atoms with Crippen LogP contribution in [0.5, 0.6) is 0 Å². The van der Waals surface area contributed by atoms with Crippen molar-refractivity contribution in [3.63, 3.8) is 0 Å². The molecule has 1 N–H and O–H groups in total. The van der Waals surface area contributed by atoms with Crippen LogP contribution in [0.25, 0.3) is 0 Å². The van der Waals surface area contributed by atoms with Gasteiger partial charge in [-0.15, -0.1) is 0 Å². The summed E-state index contributed by atoms with van der Waals surface area (Å²) in [6.07, 6.45) is 4.43. The summed E-state index contributed by atoms with van der Waals surface area (Å²) in [5.41, 5.74) is 0.381. The van der Waals surface area contributed by atoms with E-state index in [2.05, 4.69) is 11.8 Å². The molecule has 1 aromatic heterocycles. The largest absolute Gasteiger partial charge is 0.477 e. The predicted octanol–water partition coefficient (Wildman–Crippen LogP) is 1.67. The Balaban J connectivity index is 1.92. The van der Waals surface area contributed by atoms with Crippen molar-refractivity contribution in [3.05, 3.63) is 24.0 Å². The van der Waals surface area contributed by atoms with Gasteiger partial charge < -0.3 is 9.67 Å². The fraction of sp³-hybridized carbons (Fsp3) is 0.583. The third kappa shape index (κ3) is 2.44. The van der Waals surface area contributed by atoms with Gasteiger partial charge in [-0.1, -0.05) is 6.92 Å². The minimum atomic E-state index is -0.848. The van der Waals surface area contributed by atoms with Crippen molar-refractivity contribution in [3.8, 4) is 0 Å². The molecule has 1 fully saturated rings. The van der Waals surface area contributed by atoms with Gasteiger partial charge in [0.1, 0.15) is 5.69 Å². The predicted molar refractivity (Wildman–Crippen MR) is 61.7 cm³/mol. The van der Waals surface area contributed by atoms with Gasteiger partial charge in [0, 0.05) is 25.3 Å². The van der Waals surface area contributed by atoms with Gasteiger partial charge in [0.05, 0.1) is 0 Å². The molecular formula is C12H18N2O2. The monoisotopic (exact) mass is 222 g/mol. The highest BCUT2D eigenvalue weighted by molar-refractivity contribution is 5.85. The first-order valence-electron chi connectivity index (χ1n) is 5.85. The molecule has 1 aliphatic rings. The molecular weight excluding hydrogens is 204 g/mol. The molecule has 1 aromatic rings. The fourth-order valence-electron chi connectivity index (χ4n) is 2.08. The molecule has 4 heteroatoms. The lowest BCUT2D eigenvalue weighted by atomic mass is 10.4. The van der Waals surface area contributed by atoms with Crippen LogP contribution in [0.4, 0.5) is 0 Å². The van der Waals surface area contributed by atoms with E-state index in [0.717, 1.165) is 25.7 Å². The summed E-state index contributed by atoms with van der Waals surface area (Å²) in [6.45, 7) is 4.91. The number of rotatable bonds is 6. The molecule has 88 valence electrons. The quantitative estimate of drug-likeness (QED) is 0.796. The van der Waals surface area contributed by atoms with E-state index in [1.807, 2.05) is 10.8 Å². The Kier molecular flexibility index (Phi) is 3.29. The highest BCUT2D eigenvalue weighted by Gasteiger charge is 2.27. The van der Waals surface area contributed by atoms with Gasteiger partial charge in [-0.05, 0) is 31.5 Å². The third-order valence-corrected chi connectivity index (χ3v) is 3.15. The molecule has 0 saturated heterocycles. The molecule has 2 rings (SSSR count). The summed E-state index contributed by atoms with van der Waals surface area (Å²) < 4.78 is 1.81. The Bertz CT molecular complexity index is 369. The lowest BCUT2D eigenvalue weighted by molar-refractivity contribution is 0.0684. The van der Waals surface area contributed by atoms with E-state index in [0.29, 0.717) is 5.69 Å². The zero-order valence-electron chi connectivity index (χ0n) is 9.59. The lowest BCUT2D eigenvalue weighted by Gasteiger charge is -2.20. The molecule has 1 saturated carbocycles. The first kappa shape index (κ1) is 11.2. The van der Waals surface area contributed by atoms with E-state index in [-0.39, 0.29) is 0 Å². The van der Waals surface area contributed by atoms with Crippen molar-refractivity contribution >= 4 is 5.97 Å². The van der Waals surface area contributed by atoms with Crippen molar-refractivity contribution in [1.82, 2.24) is 9.47 Å². The van der Waals surface area contributed by atoms with Crippen LogP contribution in [0.2, 0.25) is 0 Å². The Morgan fingerprint density at radius 3 is 2.94 bits per heavy atom. The number of hydrogen-bond donors (Lipinski definition) is 1. The second kappa shape index (κ2) is 4.70. The topological polar surface area (TPSA) is 45.5 Å². The Labute approximate surface area is 95.5 Å². The Hall–Kier alpha value is -1.29.